The van der Waals surface area contributed by atoms with E-state index >= 15 is 0 Å². The molecule has 0 radical (unpaired) electrons. The first-order valence-electron chi connectivity index (χ1n) is 9.66. The van der Waals surface area contributed by atoms with Crippen molar-refractivity contribution in [1.29, 1.82) is 0 Å². The van der Waals surface area contributed by atoms with Crippen LogP contribution in [-0.2, 0) is 26.2 Å². The summed E-state index contributed by atoms with van der Waals surface area (Å²) >= 11 is 15.4. The SMILES string of the molecule is CC[C@H](C(=O)NC)N(Cc1ccc(Cl)c(Cl)c1)C(=O)CN(c1ccccc1Br)S(C)(=O)=O. The number of carbonyl (C=O) groups is 2. The van der Waals surface area contributed by atoms with Gasteiger partial charge in [0.1, 0.15) is 12.6 Å². The van der Waals surface area contributed by atoms with Crippen LogP contribution in [0.2, 0.25) is 10.0 Å². The highest BCUT2D eigenvalue weighted by molar-refractivity contribution is 9.10. The summed E-state index contributed by atoms with van der Waals surface area (Å²) in [5.41, 5.74) is 0.979. The third-order valence-electron chi connectivity index (χ3n) is 4.77. The van der Waals surface area contributed by atoms with Gasteiger partial charge in [-0.2, -0.15) is 0 Å². The maximum absolute atomic E-state index is 13.4. The number of halogens is 3. The summed E-state index contributed by atoms with van der Waals surface area (Å²) in [7, 11) is -2.31. The lowest BCUT2D eigenvalue weighted by molar-refractivity contribution is -0.140. The molecule has 0 saturated heterocycles. The molecule has 0 aliphatic heterocycles. The second kappa shape index (κ2) is 11.4. The van der Waals surface area contributed by atoms with Gasteiger partial charge in [0.25, 0.3) is 0 Å². The van der Waals surface area contributed by atoms with E-state index in [9.17, 15) is 18.0 Å². The number of likely N-dealkylation sites (N-methyl/N-ethyl adjacent to an activating group) is 1. The maximum atomic E-state index is 13.4. The number of benzene rings is 2. The summed E-state index contributed by atoms with van der Waals surface area (Å²) < 4.78 is 26.6. The molecule has 0 bridgehead atoms. The van der Waals surface area contributed by atoms with Crippen molar-refractivity contribution in [2.45, 2.75) is 25.9 Å². The molecule has 2 aromatic rings. The Bertz CT molecular complexity index is 1100. The Morgan fingerprint density at radius 2 is 1.78 bits per heavy atom. The minimum absolute atomic E-state index is 0.0508. The fraction of sp³-hybridized carbons (Fsp3) is 0.333. The molecule has 2 aromatic carbocycles. The molecule has 174 valence electrons. The molecule has 11 heteroatoms. The highest BCUT2D eigenvalue weighted by Crippen LogP contribution is 2.28. The topological polar surface area (TPSA) is 86.8 Å². The van der Waals surface area contributed by atoms with Gasteiger partial charge in [0.2, 0.25) is 21.8 Å². The first-order valence-corrected chi connectivity index (χ1v) is 13.1. The van der Waals surface area contributed by atoms with Crippen LogP contribution in [0.15, 0.2) is 46.9 Å². The molecule has 0 saturated carbocycles. The van der Waals surface area contributed by atoms with Crippen molar-refractivity contribution in [3.05, 3.63) is 62.5 Å². The van der Waals surface area contributed by atoms with Crippen LogP contribution in [0.3, 0.4) is 0 Å². The number of carbonyl (C=O) groups excluding carboxylic acids is 2. The van der Waals surface area contributed by atoms with Crippen molar-refractivity contribution in [2.75, 3.05) is 24.2 Å². The first-order chi connectivity index (χ1) is 15.0. The van der Waals surface area contributed by atoms with Crippen molar-refractivity contribution >= 4 is 66.7 Å². The molecule has 1 atom stereocenters. The van der Waals surface area contributed by atoms with Crippen molar-refractivity contribution in [2.24, 2.45) is 0 Å². The number of amides is 2. The van der Waals surface area contributed by atoms with E-state index in [4.69, 9.17) is 23.2 Å². The Hall–Kier alpha value is -1.81. The Morgan fingerprint density at radius 1 is 1.12 bits per heavy atom. The highest BCUT2D eigenvalue weighted by Gasteiger charge is 2.31. The molecule has 0 aliphatic carbocycles. The van der Waals surface area contributed by atoms with E-state index in [0.717, 1.165) is 10.6 Å². The number of sulfonamides is 1. The fourth-order valence-corrected chi connectivity index (χ4v) is 4.97. The van der Waals surface area contributed by atoms with Crippen molar-refractivity contribution in [1.82, 2.24) is 10.2 Å². The monoisotopic (exact) mass is 563 g/mol. The number of nitrogens with one attached hydrogen (secondary N) is 1. The minimum Gasteiger partial charge on any atom is -0.357 e. The van der Waals surface area contributed by atoms with Gasteiger partial charge in [-0.1, -0.05) is 48.3 Å². The molecule has 7 nitrogen and oxygen atoms in total. The third-order valence-corrected chi connectivity index (χ3v) is 7.31. The number of anilines is 1. The molecule has 2 amide bonds. The van der Waals surface area contributed by atoms with Crippen molar-refractivity contribution < 1.29 is 18.0 Å². The van der Waals surface area contributed by atoms with Gasteiger partial charge >= 0.3 is 0 Å². The van der Waals surface area contributed by atoms with E-state index in [1.54, 1.807) is 49.4 Å². The third kappa shape index (κ3) is 6.60. The summed E-state index contributed by atoms with van der Waals surface area (Å²) in [5, 5.41) is 3.24. The smallest absolute Gasteiger partial charge is 0.244 e. The van der Waals surface area contributed by atoms with Gasteiger partial charge in [0.15, 0.2) is 0 Å². The molecule has 0 fully saturated rings. The maximum Gasteiger partial charge on any atom is 0.244 e. The van der Waals surface area contributed by atoms with Gasteiger partial charge < -0.3 is 10.2 Å². The first kappa shape index (κ1) is 26.4. The second-order valence-corrected chi connectivity index (χ2v) is 10.6. The van der Waals surface area contributed by atoms with Crippen molar-refractivity contribution in [3.63, 3.8) is 0 Å². The van der Waals surface area contributed by atoms with Crippen LogP contribution < -0.4 is 9.62 Å². The number of hydrogen-bond donors (Lipinski definition) is 1. The number of hydrogen-bond acceptors (Lipinski definition) is 4. The molecule has 1 N–H and O–H groups in total. The van der Waals surface area contributed by atoms with Crippen molar-refractivity contribution in [3.8, 4) is 0 Å². The predicted octanol–water partition coefficient (Wildman–Crippen LogP) is 4.08. The van der Waals surface area contributed by atoms with Crippen LogP contribution in [0, 0.1) is 0 Å². The minimum atomic E-state index is -3.80. The number of rotatable bonds is 9. The normalized spacial score (nSPS) is 12.2. The highest BCUT2D eigenvalue weighted by atomic mass is 79.9. The van der Waals surface area contributed by atoms with Crippen LogP contribution in [-0.4, -0.2) is 51.0 Å². The van der Waals surface area contributed by atoms with Crippen LogP contribution in [0.1, 0.15) is 18.9 Å². The van der Waals surface area contributed by atoms with Gasteiger partial charge in [-0.3, -0.25) is 13.9 Å². The lowest BCUT2D eigenvalue weighted by Crippen LogP contribution is -2.51. The lowest BCUT2D eigenvalue weighted by Gasteiger charge is -2.32. The van der Waals surface area contributed by atoms with Gasteiger partial charge in [0, 0.05) is 18.1 Å². The predicted molar refractivity (Wildman–Crippen MR) is 131 cm³/mol. The lowest BCUT2D eigenvalue weighted by atomic mass is 10.1. The van der Waals surface area contributed by atoms with E-state index in [1.165, 1.54) is 11.9 Å². The van der Waals surface area contributed by atoms with Gasteiger partial charge in [-0.05, 0) is 52.2 Å². The van der Waals surface area contributed by atoms with Crippen LogP contribution >= 0.6 is 39.1 Å². The zero-order valence-corrected chi connectivity index (χ0v) is 21.7. The second-order valence-electron chi connectivity index (χ2n) is 7.03. The standard InChI is InChI=1S/C21H24BrCl2N3O4S/c1-4-18(21(29)25-2)26(12-14-9-10-16(23)17(24)11-14)20(28)13-27(32(3,30)31)19-8-6-5-7-15(19)22/h5-11,18H,4,12-13H2,1-3H3,(H,25,29)/t18-/m1/s1. The average Bonchev–Trinajstić information content (AvgIpc) is 2.73. The van der Waals surface area contributed by atoms with Crippen LogP contribution in [0.4, 0.5) is 5.69 Å². The van der Waals surface area contributed by atoms with Gasteiger partial charge in [0.05, 0.1) is 22.0 Å². The van der Waals surface area contributed by atoms with Gasteiger partial charge in [-0.25, -0.2) is 8.42 Å². The summed E-state index contributed by atoms with van der Waals surface area (Å²) in [6, 6.07) is 10.8. The van der Waals surface area contributed by atoms with E-state index < -0.39 is 28.5 Å². The molecule has 0 spiro atoms. The Labute approximate surface area is 206 Å². The molecular weight excluding hydrogens is 541 g/mol. The molecule has 0 unspecified atom stereocenters. The average molecular weight is 565 g/mol. The molecular formula is C21H24BrCl2N3O4S. The molecule has 0 aliphatic rings. The van der Waals surface area contributed by atoms with E-state index in [1.807, 2.05) is 0 Å². The van der Waals surface area contributed by atoms with E-state index in [0.29, 0.717) is 32.2 Å². The Balaban J connectivity index is 2.46. The molecule has 0 heterocycles. The number of para-hydroxylation sites is 1. The zero-order valence-electron chi connectivity index (χ0n) is 17.8. The molecule has 32 heavy (non-hydrogen) atoms. The summed E-state index contributed by atoms with van der Waals surface area (Å²) in [6.45, 7) is 1.35. The summed E-state index contributed by atoms with van der Waals surface area (Å²) in [4.78, 5) is 27.3. The molecule has 0 aromatic heterocycles. The largest absolute Gasteiger partial charge is 0.357 e. The zero-order chi connectivity index (χ0) is 24.1. The van der Waals surface area contributed by atoms with Crippen LogP contribution in [0.5, 0.6) is 0 Å². The summed E-state index contributed by atoms with van der Waals surface area (Å²) in [5.74, 6) is -0.889. The Morgan fingerprint density at radius 3 is 2.31 bits per heavy atom. The Kier molecular flexibility index (Phi) is 9.39. The summed E-state index contributed by atoms with van der Waals surface area (Å²) in [6.07, 6.45) is 1.36. The number of nitrogens with zero attached hydrogens (tertiary/aromatic N) is 2. The van der Waals surface area contributed by atoms with E-state index in [-0.39, 0.29) is 12.5 Å². The van der Waals surface area contributed by atoms with E-state index in [2.05, 4.69) is 21.2 Å². The van der Waals surface area contributed by atoms with Crippen LogP contribution in [0.25, 0.3) is 0 Å². The van der Waals surface area contributed by atoms with Gasteiger partial charge in [-0.15, -0.1) is 0 Å². The fourth-order valence-electron chi connectivity index (χ4n) is 3.17. The molecule has 2 rings (SSSR count). The quantitative estimate of drug-likeness (QED) is 0.497.